The molecular weight excluding hydrogens is 392 g/mol. The van der Waals surface area contributed by atoms with Gasteiger partial charge in [0.25, 0.3) is 0 Å². The van der Waals surface area contributed by atoms with Gasteiger partial charge in [0.05, 0.1) is 18.0 Å². The first kappa shape index (κ1) is 21.7. The molecule has 3 rings (SSSR count). The zero-order valence-corrected chi connectivity index (χ0v) is 17.5. The molecule has 29 heavy (non-hydrogen) atoms. The number of hydrogen-bond donors (Lipinski definition) is 2. The van der Waals surface area contributed by atoms with Crippen LogP contribution in [0.4, 0.5) is 5.69 Å². The summed E-state index contributed by atoms with van der Waals surface area (Å²) < 4.78 is 23.1. The number of hydrogen-bond acceptors (Lipinski definition) is 5. The lowest BCUT2D eigenvalue weighted by atomic mass is 9.87. The first-order chi connectivity index (χ1) is 13.7. The van der Waals surface area contributed by atoms with Crippen LogP contribution >= 0.6 is 0 Å². The molecule has 0 radical (unpaired) electrons. The maximum atomic E-state index is 12.9. The van der Waals surface area contributed by atoms with Crippen LogP contribution in [-0.4, -0.2) is 51.3 Å². The topological polar surface area (TPSA) is 127 Å². The molecule has 160 valence electrons. The predicted octanol–water partition coefficient (Wildman–Crippen LogP) is 0.981. The van der Waals surface area contributed by atoms with Crippen molar-refractivity contribution in [3.8, 4) is 0 Å². The monoisotopic (exact) mass is 422 g/mol. The third kappa shape index (κ3) is 5.77. The molecule has 1 aromatic carbocycles. The Hall–Kier alpha value is -1.97. The minimum atomic E-state index is -3.78. The second-order valence-electron chi connectivity index (χ2n) is 8.10. The number of primary amides is 1. The van der Waals surface area contributed by atoms with Gasteiger partial charge in [0.15, 0.2) is 0 Å². The summed E-state index contributed by atoms with van der Waals surface area (Å²) in [4.78, 5) is 27.9. The van der Waals surface area contributed by atoms with E-state index in [1.165, 1.54) is 44.2 Å². The highest BCUT2D eigenvalue weighted by atomic mass is 32.2. The first-order valence-corrected chi connectivity index (χ1v) is 11.8. The van der Waals surface area contributed by atoms with Crippen molar-refractivity contribution in [3.05, 3.63) is 23.8 Å². The Morgan fingerprint density at radius 3 is 2.52 bits per heavy atom. The first-order valence-electron chi connectivity index (χ1n) is 10.2. The number of amides is 2. The highest BCUT2D eigenvalue weighted by molar-refractivity contribution is 7.89. The second kappa shape index (κ2) is 9.23. The van der Waals surface area contributed by atoms with Gasteiger partial charge in [-0.1, -0.05) is 32.1 Å². The fourth-order valence-corrected chi connectivity index (χ4v) is 4.93. The number of carbonyl (C=O) groups excluding carboxylic acids is 2. The van der Waals surface area contributed by atoms with E-state index in [1.54, 1.807) is 11.0 Å². The van der Waals surface area contributed by atoms with Crippen LogP contribution in [0, 0.1) is 5.92 Å². The van der Waals surface area contributed by atoms with Crippen LogP contribution in [0.2, 0.25) is 0 Å². The van der Waals surface area contributed by atoms with Crippen molar-refractivity contribution in [2.24, 2.45) is 16.8 Å². The number of benzene rings is 1. The Balaban J connectivity index is 1.64. The fraction of sp³-hybridized carbons (Fsp3) is 0.600. The fourth-order valence-electron chi connectivity index (χ4n) is 4.37. The van der Waals surface area contributed by atoms with Gasteiger partial charge in [0.2, 0.25) is 21.8 Å². The number of rotatable bonds is 8. The van der Waals surface area contributed by atoms with Crippen LogP contribution in [0.1, 0.15) is 44.1 Å². The molecule has 2 aliphatic rings. The van der Waals surface area contributed by atoms with E-state index in [0.29, 0.717) is 31.1 Å². The summed E-state index contributed by atoms with van der Waals surface area (Å²) in [5, 5.41) is 5.19. The number of primary sulfonamides is 1. The zero-order valence-electron chi connectivity index (χ0n) is 16.7. The summed E-state index contributed by atoms with van der Waals surface area (Å²) >= 11 is 0. The van der Waals surface area contributed by atoms with E-state index in [4.69, 9.17) is 10.9 Å². The van der Waals surface area contributed by atoms with Gasteiger partial charge in [-0.2, -0.15) is 0 Å². The van der Waals surface area contributed by atoms with Crippen LogP contribution < -0.4 is 15.8 Å². The largest absolute Gasteiger partial charge is 0.369 e. The predicted molar refractivity (Wildman–Crippen MR) is 111 cm³/mol. The van der Waals surface area contributed by atoms with Gasteiger partial charge >= 0.3 is 0 Å². The molecule has 1 saturated carbocycles. The van der Waals surface area contributed by atoms with Gasteiger partial charge in [0.1, 0.15) is 0 Å². The third-order valence-electron chi connectivity index (χ3n) is 5.89. The van der Waals surface area contributed by atoms with Gasteiger partial charge in [0, 0.05) is 12.2 Å². The molecule has 4 N–H and O–H groups in total. The third-order valence-corrected chi connectivity index (χ3v) is 6.80. The van der Waals surface area contributed by atoms with Crippen LogP contribution in [0.5, 0.6) is 0 Å². The van der Waals surface area contributed by atoms with Gasteiger partial charge < -0.3 is 10.6 Å². The lowest BCUT2D eigenvalue weighted by Crippen LogP contribution is -2.43. The molecule has 1 aromatic rings. The molecule has 1 heterocycles. The number of nitrogens with two attached hydrogens (primary N) is 2. The molecule has 9 heteroatoms. The Labute approximate surface area is 172 Å². The van der Waals surface area contributed by atoms with E-state index in [-0.39, 0.29) is 23.9 Å². The second-order valence-corrected chi connectivity index (χ2v) is 9.66. The number of anilines is 1. The molecule has 0 aromatic heterocycles. The van der Waals surface area contributed by atoms with Crippen LogP contribution in [0.15, 0.2) is 23.1 Å². The van der Waals surface area contributed by atoms with Crippen molar-refractivity contribution in [2.75, 3.05) is 31.1 Å². The highest BCUT2D eigenvalue weighted by Crippen LogP contribution is 2.30. The molecule has 0 bridgehead atoms. The molecular formula is C20H30N4O4S. The smallest absolute Gasteiger partial charge is 0.241 e. The number of carbonyl (C=O) groups is 2. The van der Waals surface area contributed by atoms with Gasteiger partial charge in [-0.3, -0.25) is 14.5 Å². The standard InChI is InChI=1S/C20H30N4O4S/c21-19(25)13-23(10-8-15-4-2-1-3-5-15)14-20(26)24-11-9-16-12-17(29(22,27)28)6-7-18(16)24/h6-7,12,15H,1-5,8-11,13-14H2,(H2,21,25)(H2,22,27,28). The molecule has 1 fully saturated rings. The Bertz CT molecular complexity index is 865. The van der Waals surface area contributed by atoms with Crippen LogP contribution in [0.25, 0.3) is 0 Å². The summed E-state index contributed by atoms with van der Waals surface area (Å²) in [6.07, 6.45) is 7.77. The van der Waals surface area contributed by atoms with E-state index < -0.39 is 15.9 Å². The number of nitrogens with zero attached hydrogens (tertiary/aromatic N) is 2. The summed E-state index contributed by atoms with van der Waals surface area (Å²) in [7, 11) is -3.78. The maximum absolute atomic E-state index is 12.9. The molecule has 2 amide bonds. The number of sulfonamides is 1. The van der Waals surface area contributed by atoms with Crippen molar-refractivity contribution < 1.29 is 18.0 Å². The van der Waals surface area contributed by atoms with Gasteiger partial charge in [-0.25, -0.2) is 13.6 Å². The van der Waals surface area contributed by atoms with E-state index in [2.05, 4.69) is 0 Å². The van der Waals surface area contributed by atoms with Crippen LogP contribution in [0.3, 0.4) is 0 Å². The quantitative estimate of drug-likeness (QED) is 0.646. The zero-order chi connectivity index (χ0) is 21.0. The number of fused-ring (bicyclic) bond motifs is 1. The summed E-state index contributed by atoms with van der Waals surface area (Å²) in [5.41, 5.74) is 6.88. The minimum absolute atomic E-state index is 0.0494. The van der Waals surface area contributed by atoms with Gasteiger partial charge in [-0.05, 0) is 49.1 Å². The van der Waals surface area contributed by atoms with E-state index >= 15 is 0 Å². The average molecular weight is 423 g/mol. The highest BCUT2D eigenvalue weighted by Gasteiger charge is 2.27. The lowest BCUT2D eigenvalue weighted by molar-refractivity contribution is -0.122. The van der Waals surface area contributed by atoms with E-state index in [1.807, 2.05) is 4.90 Å². The molecule has 8 nitrogen and oxygen atoms in total. The molecule has 0 saturated heterocycles. The summed E-state index contributed by atoms with van der Waals surface area (Å²) in [6.45, 7) is 1.33. The normalized spacial score (nSPS) is 17.5. The molecule has 1 aliphatic carbocycles. The van der Waals surface area contributed by atoms with E-state index in [0.717, 1.165) is 12.0 Å². The van der Waals surface area contributed by atoms with Crippen molar-refractivity contribution in [2.45, 2.75) is 49.8 Å². The molecule has 0 unspecified atom stereocenters. The molecule has 1 aliphatic heterocycles. The Morgan fingerprint density at radius 1 is 1.14 bits per heavy atom. The lowest BCUT2D eigenvalue weighted by Gasteiger charge is -2.27. The van der Waals surface area contributed by atoms with Crippen molar-refractivity contribution in [1.82, 2.24) is 4.90 Å². The Kier molecular flexibility index (Phi) is 6.92. The minimum Gasteiger partial charge on any atom is -0.369 e. The van der Waals surface area contributed by atoms with Crippen molar-refractivity contribution in [3.63, 3.8) is 0 Å². The van der Waals surface area contributed by atoms with E-state index in [9.17, 15) is 18.0 Å². The summed E-state index contributed by atoms with van der Waals surface area (Å²) in [5.74, 6) is 0.0939. The van der Waals surface area contributed by atoms with Crippen molar-refractivity contribution >= 4 is 27.5 Å². The SMILES string of the molecule is NC(=O)CN(CCC1CCCCC1)CC(=O)N1CCc2cc(S(N)(=O)=O)ccc21. The molecule has 0 atom stereocenters. The average Bonchev–Trinajstić information content (AvgIpc) is 3.09. The maximum Gasteiger partial charge on any atom is 0.241 e. The van der Waals surface area contributed by atoms with Crippen molar-refractivity contribution in [1.29, 1.82) is 0 Å². The Morgan fingerprint density at radius 2 is 1.86 bits per heavy atom. The van der Waals surface area contributed by atoms with Gasteiger partial charge in [-0.15, -0.1) is 0 Å². The molecule has 0 spiro atoms. The summed E-state index contributed by atoms with van der Waals surface area (Å²) in [6, 6.07) is 4.58. The van der Waals surface area contributed by atoms with Crippen LogP contribution in [-0.2, 0) is 26.0 Å².